The van der Waals surface area contributed by atoms with Crippen molar-refractivity contribution >= 4 is 34.1 Å². The normalized spacial score (nSPS) is 13.3. The molecule has 0 fully saturated rings. The molecule has 8 heteroatoms. The van der Waals surface area contributed by atoms with Crippen LogP contribution in [0.5, 0.6) is 0 Å². The molecular formula is C20H23N5OS2. The Bertz CT molecular complexity index is 914. The van der Waals surface area contributed by atoms with Crippen molar-refractivity contribution in [3.05, 3.63) is 52.3 Å². The predicted octanol–water partition coefficient (Wildman–Crippen LogP) is 4.03. The number of carbonyl (C=O) groups is 1. The number of carbonyl (C=O) groups excluding carboxylic acids is 1. The third-order valence-corrected chi connectivity index (χ3v) is 6.73. The molecule has 1 aromatic carbocycles. The van der Waals surface area contributed by atoms with E-state index < -0.39 is 0 Å². The number of thioether (sulfide) groups is 1. The lowest BCUT2D eigenvalue weighted by Crippen LogP contribution is -2.32. The van der Waals surface area contributed by atoms with E-state index in [4.69, 9.17) is 4.98 Å². The number of aromatic amines is 1. The Kier molecular flexibility index (Phi) is 6.07. The van der Waals surface area contributed by atoms with Gasteiger partial charge in [0.15, 0.2) is 5.13 Å². The number of benzene rings is 1. The van der Waals surface area contributed by atoms with Crippen LogP contribution >= 0.6 is 23.1 Å². The molecule has 0 saturated heterocycles. The molecule has 0 aliphatic heterocycles. The van der Waals surface area contributed by atoms with Crippen molar-refractivity contribution in [2.45, 2.75) is 50.7 Å². The molecule has 1 aliphatic carbocycles. The van der Waals surface area contributed by atoms with Crippen molar-refractivity contribution in [3.8, 4) is 0 Å². The number of H-pyrrole nitrogens is 1. The number of hydrogen-bond donors (Lipinski definition) is 1. The number of nitrogens with one attached hydrogen (secondary N) is 1. The first-order chi connectivity index (χ1) is 13.7. The van der Waals surface area contributed by atoms with E-state index >= 15 is 0 Å². The van der Waals surface area contributed by atoms with E-state index in [1.54, 1.807) is 11.3 Å². The SMILES string of the molecule is CCc1nc(SCC(=O)N(Cc2ccccc2)c2nc3c(s2)CCCC3)n[nH]1. The Hall–Kier alpha value is -2.19. The number of anilines is 1. The molecule has 0 bridgehead atoms. The molecule has 2 heterocycles. The molecule has 2 aromatic heterocycles. The third kappa shape index (κ3) is 4.44. The number of rotatable bonds is 7. The molecule has 6 nitrogen and oxygen atoms in total. The minimum Gasteiger partial charge on any atom is -0.283 e. The van der Waals surface area contributed by atoms with Crippen LogP contribution in [0.4, 0.5) is 5.13 Å². The van der Waals surface area contributed by atoms with Gasteiger partial charge in [0.05, 0.1) is 18.0 Å². The molecule has 0 unspecified atom stereocenters. The Morgan fingerprint density at radius 2 is 2.04 bits per heavy atom. The number of thiazole rings is 1. The van der Waals surface area contributed by atoms with Crippen LogP contribution in [0, 0.1) is 0 Å². The number of fused-ring (bicyclic) bond motifs is 1. The molecule has 0 radical (unpaired) electrons. The molecule has 146 valence electrons. The lowest BCUT2D eigenvalue weighted by Gasteiger charge is -2.19. The highest BCUT2D eigenvalue weighted by atomic mass is 32.2. The number of amides is 1. The van der Waals surface area contributed by atoms with Crippen LogP contribution in [0.1, 0.15) is 41.7 Å². The van der Waals surface area contributed by atoms with E-state index in [0.717, 1.165) is 35.8 Å². The van der Waals surface area contributed by atoms with Crippen LogP contribution in [0.3, 0.4) is 0 Å². The van der Waals surface area contributed by atoms with Crippen LogP contribution in [0.25, 0.3) is 0 Å². The molecule has 0 saturated carbocycles. The van der Waals surface area contributed by atoms with Gasteiger partial charge >= 0.3 is 0 Å². The molecule has 3 aromatic rings. The summed E-state index contributed by atoms with van der Waals surface area (Å²) in [6.45, 7) is 2.55. The van der Waals surface area contributed by atoms with Gasteiger partial charge in [0.25, 0.3) is 0 Å². The van der Waals surface area contributed by atoms with E-state index in [1.165, 1.54) is 35.2 Å². The highest BCUT2D eigenvalue weighted by Crippen LogP contribution is 2.33. The van der Waals surface area contributed by atoms with Gasteiger partial charge in [-0.3, -0.25) is 14.8 Å². The van der Waals surface area contributed by atoms with Gasteiger partial charge in [0.1, 0.15) is 5.82 Å². The van der Waals surface area contributed by atoms with Crippen molar-refractivity contribution in [2.75, 3.05) is 10.7 Å². The molecule has 0 spiro atoms. The van der Waals surface area contributed by atoms with Gasteiger partial charge in [-0.2, -0.15) is 0 Å². The van der Waals surface area contributed by atoms with Crippen molar-refractivity contribution in [1.82, 2.24) is 20.2 Å². The maximum atomic E-state index is 13.1. The second kappa shape index (κ2) is 8.87. The van der Waals surface area contributed by atoms with Crippen LogP contribution in [-0.4, -0.2) is 31.8 Å². The summed E-state index contributed by atoms with van der Waals surface area (Å²) in [5, 5.41) is 8.49. The minimum atomic E-state index is 0.0304. The first-order valence-corrected chi connectivity index (χ1v) is 11.4. The molecular weight excluding hydrogens is 390 g/mol. The van der Waals surface area contributed by atoms with Crippen molar-refractivity contribution in [3.63, 3.8) is 0 Å². The zero-order valence-corrected chi connectivity index (χ0v) is 17.5. The van der Waals surface area contributed by atoms with Crippen LogP contribution in [0.15, 0.2) is 35.5 Å². The largest absolute Gasteiger partial charge is 0.283 e. The first kappa shape index (κ1) is 19.1. The van der Waals surface area contributed by atoms with Gasteiger partial charge in [0, 0.05) is 11.3 Å². The van der Waals surface area contributed by atoms with Crippen LogP contribution < -0.4 is 4.90 Å². The fraction of sp³-hybridized carbons (Fsp3) is 0.400. The Labute approximate surface area is 172 Å². The van der Waals surface area contributed by atoms with Crippen LogP contribution in [0.2, 0.25) is 0 Å². The number of hydrogen-bond acceptors (Lipinski definition) is 6. The van der Waals surface area contributed by atoms with E-state index in [-0.39, 0.29) is 11.7 Å². The molecule has 1 aliphatic rings. The summed E-state index contributed by atoms with van der Waals surface area (Å²) in [7, 11) is 0. The summed E-state index contributed by atoms with van der Waals surface area (Å²) in [5.41, 5.74) is 2.27. The average molecular weight is 414 g/mol. The Balaban J connectivity index is 1.53. The molecule has 0 atom stereocenters. The second-order valence-corrected chi connectivity index (χ2v) is 8.75. The van der Waals surface area contributed by atoms with Crippen molar-refractivity contribution in [2.24, 2.45) is 0 Å². The molecule has 28 heavy (non-hydrogen) atoms. The van der Waals surface area contributed by atoms with Gasteiger partial charge in [-0.25, -0.2) is 9.97 Å². The predicted molar refractivity (Wildman–Crippen MR) is 113 cm³/mol. The Morgan fingerprint density at radius 3 is 2.79 bits per heavy atom. The van der Waals surface area contributed by atoms with Crippen LogP contribution in [-0.2, 0) is 30.6 Å². The van der Waals surface area contributed by atoms with Gasteiger partial charge in [-0.15, -0.1) is 16.4 Å². The number of aromatic nitrogens is 4. The molecule has 1 amide bonds. The topological polar surface area (TPSA) is 74.8 Å². The summed E-state index contributed by atoms with van der Waals surface area (Å²) >= 11 is 3.03. The number of aryl methyl sites for hydroxylation is 3. The monoisotopic (exact) mass is 413 g/mol. The van der Waals surface area contributed by atoms with E-state index in [2.05, 4.69) is 15.2 Å². The van der Waals surface area contributed by atoms with Crippen molar-refractivity contribution < 1.29 is 4.79 Å². The lowest BCUT2D eigenvalue weighted by atomic mass is 10.0. The van der Waals surface area contributed by atoms with E-state index in [0.29, 0.717) is 11.7 Å². The third-order valence-electron chi connectivity index (χ3n) is 4.72. The summed E-state index contributed by atoms with van der Waals surface area (Å²) in [5.74, 6) is 1.16. The minimum absolute atomic E-state index is 0.0304. The van der Waals surface area contributed by atoms with E-state index in [9.17, 15) is 4.79 Å². The highest BCUT2D eigenvalue weighted by molar-refractivity contribution is 7.99. The fourth-order valence-electron chi connectivity index (χ4n) is 3.19. The molecule has 1 N–H and O–H groups in total. The molecule has 4 rings (SSSR count). The summed E-state index contributed by atoms with van der Waals surface area (Å²) < 4.78 is 0. The van der Waals surface area contributed by atoms with Crippen molar-refractivity contribution in [1.29, 1.82) is 0 Å². The maximum absolute atomic E-state index is 13.1. The Morgan fingerprint density at radius 1 is 1.21 bits per heavy atom. The quantitative estimate of drug-likeness (QED) is 0.592. The standard InChI is InChI=1S/C20H23N5OS2/c1-2-17-22-19(24-23-17)27-13-18(26)25(12-14-8-4-3-5-9-14)20-21-15-10-6-7-11-16(15)28-20/h3-5,8-9H,2,6-7,10-13H2,1H3,(H,22,23,24). The lowest BCUT2D eigenvalue weighted by molar-refractivity contribution is -0.116. The first-order valence-electron chi connectivity index (χ1n) is 9.60. The smallest absolute Gasteiger partial charge is 0.239 e. The maximum Gasteiger partial charge on any atom is 0.239 e. The summed E-state index contributed by atoms with van der Waals surface area (Å²) in [6.07, 6.45) is 5.29. The zero-order chi connectivity index (χ0) is 19.3. The van der Waals surface area contributed by atoms with Gasteiger partial charge < -0.3 is 0 Å². The van der Waals surface area contributed by atoms with E-state index in [1.807, 2.05) is 42.2 Å². The van der Waals surface area contributed by atoms with Gasteiger partial charge in [-0.1, -0.05) is 49.0 Å². The summed E-state index contributed by atoms with van der Waals surface area (Å²) in [4.78, 5) is 25.5. The average Bonchev–Trinajstić information content (AvgIpc) is 3.37. The fourth-order valence-corrected chi connectivity index (χ4v) is 5.05. The zero-order valence-electron chi connectivity index (χ0n) is 15.9. The number of nitrogens with zero attached hydrogens (tertiary/aromatic N) is 4. The summed E-state index contributed by atoms with van der Waals surface area (Å²) in [6, 6.07) is 10.1. The highest BCUT2D eigenvalue weighted by Gasteiger charge is 2.24. The van der Waals surface area contributed by atoms with Gasteiger partial charge in [0.2, 0.25) is 11.1 Å². The van der Waals surface area contributed by atoms with Gasteiger partial charge in [-0.05, 0) is 31.2 Å². The second-order valence-electron chi connectivity index (χ2n) is 6.75.